The third-order valence-electron chi connectivity index (χ3n) is 7.73. The minimum Gasteiger partial charge on any atom is -0.490 e. The lowest BCUT2D eigenvalue weighted by Crippen LogP contribution is -2.46. The lowest BCUT2D eigenvalue weighted by Gasteiger charge is -2.37. The fourth-order valence-corrected chi connectivity index (χ4v) is 5.53. The molecule has 0 atom stereocenters. The van der Waals surface area contributed by atoms with Gasteiger partial charge in [0.1, 0.15) is 11.6 Å². The summed E-state index contributed by atoms with van der Waals surface area (Å²) in [6, 6.07) is 13.5. The number of nitrogens with zero attached hydrogens (tertiary/aromatic N) is 4. The Balaban J connectivity index is 1.16. The molecule has 1 aliphatic heterocycles. The number of fused-ring (bicyclic) bond motifs is 1. The third-order valence-corrected chi connectivity index (χ3v) is 7.73. The first-order valence-electron chi connectivity index (χ1n) is 12.9. The first kappa shape index (κ1) is 23.1. The van der Waals surface area contributed by atoms with Gasteiger partial charge in [0.05, 0.1) is 12.3 Å². The molecule has 0 spiro atoms. The topological polar surface area (TPSA) is 41.5 Å². The van der Waals surface area contributed by atoms with E-state index in [1.54, 1.807) is 12.4 Å². The van der Waals surface area contributed by atoms with Crippen LogP contribution in [-0.2, 0) is 6.54 Å². The summed E-state index contributed by atoms with van der Waals surface area (Å²) in [5, 5.41) is 2.55. The molecular weight excluding hydrogens is 420 g/mol. The van der Waals surface area contributed by atoms with Crippen molar-refractivity contribution in [2.45, 2.75) is 59.1 Å². The second-order valence-corrected chi connectivity index (χ2v) is 11.1. The van der Waals surface area contributed by atoms with Gasteiger partial charge >= 0.3 is 0 Å². The number of hydrogen-bond donors (Lipinski definition) is 0. The predicted octanol–water partition coefficient (Wildman–Crippen LogP) is 5.94. The molecule has 2 aliphatic rings. The Morgan fingerprint density at radius 1 is 0.882 bits per heavy atom. The summed E-state index contributed by atoms with van der Waals surface area (Å²) < 4.78 is 6.40. The average molecular weight is 459 g/mol. The van der Waals surface area contributed by atoms with Crippen LogP contribution in [-0.4, -0.2) is 47.2 Å². The molecule has 5 nitrogen and oxygen atoms in total. The number of aromatic nitrogens is 2. The Morgan fingerprint density at radius 2 is 1.62 bits per heavy atom. The van der Waals surface area contributed by atoms with E-state index in [1.165, 1.54) is 42.0 Å². The normalized spacial score (nSPS) is 22.1. The van der Waals surface area contributed by atoms with Crippen molar-refractivity contribution in [3.05, 3.63) is 60.6 Å². The lowest BCUT2D eigenvalue weighted by atomic mass is 9.72. The predicted molar refractivity (Wildman–Crippen MR) is 139 cm³/mol. The smallest absolute Gasteiger partial charge is 0.147 e. The summed E-state index contributed by atoms with van der Waals surface area (Å²) in [6.07, 6.45) is 10.6. The van der Waals surface area contributed by atoms with Gasteiger partial charge in [0.15, 0.2) is 0 Å². The lowest BCUT2D eigenvalue weighted by molar-refractivity contribution is 0.0883. The summed E-state index contributed by atoms with van der Waals surface area (Å²) in [7, 11) is 0. The van der Waals surface area contributed by atoms with Gasteiger partial charge in [0, 0.05) is 45.1 Å². The van der Waals surface area contributed by atoms with Gasteiger partial charge in [-0.05, 0) is 71.6 Å². The fourth-order valence-electron chi connectivity index (χ4n) is 5.53. The zero-order valence-corrected chi connectivity index (χ0v) is 20.9. The quantitative estimate of drug-likeness (QED) is 0.474. The molecule has 0 N–H and O–H groups in total. The van der Waals surface area contributed by atoms with E-state index >= 15 is 0 Å². The molecule has 34 heavy (non-hydrogen) atoms. The van der Waals surface area contributed by atoms with E-state index in [-0.39, 0.29) is 0 Å². The number of benzene rings is 2. The third kappa shape index (κ3) is 5.52. The number of anilines is 1. The number of hydrogen-bond acceptors (Lipinski definition) is 5. The van der Waals surface area contributed by atoms with E-state index in [0.717, 1.165) is 50.2 Å². The Bertz CT molecular complexity index is 1080. The van der Waals surface area contributed by atoms with E-state index in [9.17, 15) is 0 Å². The average Bonchev–Trinajstić information content (AvgIpc) is 2.85. The summed E-state index contributed by atoms with van der Waals surface area (Å²) in [6.45, 7) is 12.2. The number of ether oxygens (including phenoxy) is 1. The molecule has 2 fully saturated rings. The maximum atomic E-state index is 6.40. The van der Waals surface area contributed by atoms with Gasteiger partial charge in [0.2, 0.25) is 0 Å². The van der Waals surface area contributed by atoms with Gasteiger partial charge in [-0.2, -0.15) is 0 Å². The molecular formula is C29H38N4O. The molecule has 0 unspecified atom stereocenters. The van der Waals surface area contributed by atoms with Crippen LogP contribution in [0.2, 0.25) is 0 Å². The van der Waals surface area contributed by atoms with Gasteiger partial charge in [-0.25, -0.2) is 4.98 Å². The van der Waals surface area contributed by atoms with Crippen molar-refractivity contribution in [1.82, 2.24) is 14.9 Å². The molecule has 2 aromatic carbocycles. The van der Waals surface area contributed by atoms with Gasteiger partial charge in [0.25, 0.3) is 0 Å². The second-order valence-electron chi connectivity index (χ2n) is 11.1. The van der Waals surface area contributed by atoms with Gasteiger partial charge in [-0.15, -0.1) is 0 Å². The van der Waals surface area contributed by atoms with Crippen molar-refractivity contribution >= 4 is 16.6 Å². The summed E-state index contributed by atoms with van der Waals surface area (Å²) in [5.41, 5.74) is 1.78. The van der Waals surface area contributed by atoms with E-state index in [1.807, 2.05) is 6.20 Å². The molecule has 2 heterocycles. The van der Waals surface area contributed by atoms with E-state index in [4.69, 9.17) is 4.74 Å². The summed E-state index contributed by atoms with van der Waals surface area (Å²) in [4.78, 5) is 13.5. The minimum absolute atomic E-state index is 0.357. The van der Waals surface area contributed by atoms with E-state index in [2.05, 4.69) is 76.9 Å². The zero-order valence-electron chi connectivity index (χ0n) is 20.9. The van der Waals surface area contributed by atoms with Gasteiger partial charge in [-0.1, -0.05) is 39.0 Å². The largest absolute Gasteiger partial charge is 0.490 e. The van der Waals surface area contributed by atoms with Crippen molar-refractivity contribution in [3.8, 4) is 5.75 Å². The van der Waals surface area contributed by atoms with Crippen molar-refractivity contribution in [3.63, 3.8) is 0 Å². The van der Waals surface area contributed by atoms with Crippen LogP contribution in [0.1, 0.15) is 52.0 Å². The molecule has 180 valence electrons. The molecule has 0 amide bonds. The molecule has 1 aliphatic carbocycles. The fraction of sp³-hybridized carbons (Fsp3) is 0.517. The highest BCUT2D eigenvalue weighted by Crippen LogP contribution is 2.39. The van der Waals surface area contributed by atoms with Crippen LogP contribution in [0.25, 0.3) is 10.8 Å². The second kappa shape index (κ2) is 9.91. The van der Waals surface area contributed by atoms with Crippen LogP contribution < -0.4 is 9.64 Å². The Labute approximate surface area is 204 Å². The van der Waals surface area contributed by atoms with Crippen LogP contribution in [0.5, 0.6) is 5.75 Å². The minimum atomic E-state index is 0.357. The standard InChI is InChI=1S/C29H38N4O/c1-29(2,3)25-7-10-26(11-8-25)34-27-9-6-23-18-22(4-5-24(23)19-27)21-32-14-16-33(17-15-32)28-20-30-12-13-31-28/h4-6,9,12-13,18-20,25-26H,7-8,10-11,14-17,21H2,1-3H3/t25-,26-. The monoisotopic (exact) mass is 458 g/mol. The van der Waals surface area contributed by atoms with Crippen molar-refractivity contribution < 1.29 is 4.74 Å². The SMILES string of the molecule is CC(C)(C)[C@H]1CC[C@H](Oc2ccc3cc(CN4CCN(c5cnccn5)CC4)ccc3c2)CC1. The van der Waals surface area contributed by atoms with Crippen LogP contribution in [0, 0.1) is 11.3 Å². The highest BCUT2D eigenvalue weighted by molar-refractivity contribution is 5.84. The number of rotatable bonds is 5. The molecule has 0 radical (unpaired) electrons. The first-order chi connectivity index (χ1) is 16.4. The van der Waals surface area contributed by atoms with Crippen LogP contribution in [0.15, 0.2) is 55.0 Å². The van der Waals surface area contributed by atoms with Crippen molar-refractivity contribution in [2.75, 3.05) is 31.1 Å². The van der Waals surface area contributed by atoms with Gasteiger partial charge < -0.3 is 9.64 Å². The summed E-state index contributed by atoms with van der Waals surface area (Å²) in [5.74, 6) is 2.81. The van der Waals surface area contributed by atoms with Crippen LogP contribution >= 0.6 is 0 Å². The summed E-state index contributed by atoms with van der Waals surface area (Å²) >= 11 is 0. The van der Waals surface area contributed by atoms with E-state index in [0.29, 0.717) is 11.5 Å². The van der Waals surface area contributed by atoms with Crippen LogP contribution in [0.3, 0.4) is 0 Å². The Hall–Kier alpha value is -2.66. The zero-order chi connectivity index (χ0) is 23.5. The highest BCUT2D eigenvalue weighted by atomic mass is 16.5. The Morgan fingerprint density at radius 3 is 2.32 bits per heavy atom. The van der Waals surface area contributed by atoms with Crippen molar-refractivity contribution in [1.29, 1.82) is 0 Å². The van der Waals surface area contributed by atoms with Crippen molar-refractivity contribution in [2.24, 2.45) is 11.3 Å². The first-order valence-corrected chi connectivity index (χ1v) is 12.9. The number of piperazine rings is 1. The molecule has 1 saturated carbocycles. The van der Waals surface area contributed by atoms with Gasteiger partial charge in [-0.3, -0.25) is 9.88 Å². The Kier molecular flexibility index (Phi) is 6.73. The molecule has 0 bridgehead atoms. The van der Waals surface area contributed by atoms with E-state index < -0.39 is 0 Å². The molecule has 1 aromatic heterocycles. The molecule has 3 aromatic rings. The maximum Gasteiger partial charge on any atom is 0.147 e. The molecule has 5 heteroatoms. The molecule has 1 saturated heterocycles. The molecule has 5 rings (SSSR count). The highest BCUT2D eigenvalue weighted by Gasteiger charge is 2.30. The maximum absolute atomic E-state index is 6.40. The van der Waals surface area contributed by atoms with Crippen LogP contribution in [0.4, 0.5) is 5.82 Å².